The average molecular weight is 423 g/mol. The van der Waals surface area contributed by atoms with E-state index in [1.165, 1.54) is 6.92 Å². The van der Waals surface area contributed by atoms with Crippen LogP contribution in [0.1, 0.15) is 48.1 Å². The molecule has 4 amide bonds. The molecule has 0 heterocycles. The van der Waals surface area contributed by atoms with Gasteiger partial charge < -0.3 is 15.4 Å². The fourth-order valence-corrected chi connectivity index (χ4v) is 2.90. The van der Waals surface area contributed by atoms with Gasteiger partial charge in [0.25, 0.3) is 11.8 Å². The van der Waals surface area contributed by atoms with Crippen LogP contribution in [0.5, 0.6) is 0 Å². The highest BCUT2D eigenvalue weighted by Crippen LogP contribution is 2.19. The van der Waals surface area contributed by atoms with E-state index >= 15 is 0 Å². The Balaban J connectivity index is 1.59. The predicted molar refractivity (Wildman–Crippen MR) is 113 cm³/mol. The predicted octanol–water partition coefficient (Wildman–Crippen LogP) is 2.47. The van der Waals surface area contributed by atoms with Gasteiger partial charge in [0, 0.05) is 11.6 Å². The summed E-state index contributed by atoms with van der Waals surface area (Å²) in [6, 6.07) is 16.5. The van der Waals surface area contributed by atoms with Crippen LogP contribution in [0, 0.1) is 0 Å². The second kappa shape index (κ2) is 10.4. The Morgan fingerprint density at radius 3 is 2.19 bits per heavy atom. The highest BCUT2D eigenvalue weighted by atomic mass is 16.5. The van der Waals surface area contributed by atoms with Gasteiger partial charge in [-0.3, -0.25) is 19.7 Å². The highest BCUT2D eigenvalue weighted by molar-refractivity contribution is 5.97. The Bertz CT molecular complexity index is 929. The van der Waals surface area contributed by atoms with E-state index in [-0.39, 0.29) is 18.4 Å². The second-order valence-corrected chi connectivity index (χ2v) is 7.38. The number of imide groups is 1. The first-order valence-corrected chi connectivity index (χ1v) is 10.1. The zero-order valence-corrected chi connectivity index (χ0v) is 17.2. The molecule has 2 aromatic rings. The molecular formula is C23H25N3O5. The van der Waals surface area contributed by atoms with Gasteiger partial charge in [-0.1, -0.05) is 48.5 Å². The van der Waals surface area contributed by atoms with Crippen LogP contribution in [0.15, 0.2) is 60.7 Å². The molecule has 0 saturated heterocycles. The van der Waals surface area contributed by atoms with E-state index in [2.05, 4.69) is 16.0 Å². The summed E-state index contributed by atoms with van der Waals surface area (Å²) in [6.07, 6.45) is 0.455. The lowest BCUT2D eigenvalue weighted by Crippen LogP contribution is -2.45. The van der Waals surface area contributed by atoms with Gasteiger partial charge in [-0.2, -0.15) is 0 Å². The molecule has 1 aliphatic rings. The van der Waals surface area contributed by atoms with Crippen LogP contribution in [0.4, 0.5) is 4.79 Å². The van der Waals surface area contributed by atoms with Gasteiger partial charge in [-0.15, -0.1) is 0 Å². The molecule has 0 radical (unpaired) electrons. The maximum atomic E-state index is 12.6. The summed E-state index contributed by atoms with van der Waals surface area (Å²) in [5.41, 5.74) is 1.19. The number of amides is 4. The third-order valence-electron chi connectivity index (χ3n) is 4.74. The minimum Gasteiger partial charge on any atom is -0.452 e. The molecule has 162 valence electrons. The van der Waals surface area contributed by atoms with Crippen molar-refractivity contribution in [3.8, 4) is 0 Å². The normalized spacial score (nSPS) is 14.6. The van der Waals surface area contributed by atoms with Gasteiger partial charge in [0.15, 0.2) is 6.10 Å². The van der Waals surface area contributed by atoms with E-state index < -0.39 is 30.1 Å². The minimum atomic E-state index is -1.15. The standard InChI is InChI=1S/C23H25N3O5/c1-15(21(28)26-23(30)24-18-12-13-18)31-20(27)14-19(16-8-4-2-5-9-16)25-22(29)17-10-6-3-7-11-17/h2-11,15,18-19H,12-14H2,1H3,(H,25,29)(H2,24,26,28,30). The monoisotopic (exact) mass is 423 g/mol. The van der Waals surface area contributed by atoms with Crippen molar-refractivity contribution >= 4 is 23.8 Å². The Kier molecular flexibility index (Phi) is 7.37. The number of hydrogen-bond acceptors (Lipinski definition) is 5. The molecule has 1 fully saturated rings. The summed E-state index contributed by atoms with van der Waals surface area (Å²) in [5, 5.41) is 7.62. The molecule has 1 aliphatic carbocycles. The van der Waals surface area contributed by atoms with Crippen LogP contribution < -0.4 is 16.0 Å². The number of ether oxygens (including phenoxy) is 1. The highest BCUT2D eigenvalue weighted by Gasteiger charge is 2.27. The summed E-state index contributed by atoms with van der Waals surface area (Å²) in [5.74, 6) is -1.71. The average Bonchev–Trinajstić information content (AvgIpc) is 3.58. The summed E-state index contributed by atoms with van der Waals surface area (Å²) >= 11 is 0. The molecule has 2 atom stereocenters. The first-order chi connectivity index (χ1) is 14.9. The zero-order chi connectivity index (χ0) is 22.2. The van der Waals surface area contributed by atoms with Gasteiger partial charge in [-0.05, 0) is 37.5 Å². The van der Waals surface area contributed by atoms with E-state index in [9.17, 15) is 19.2 Å². The van der Waals surface area contributed by atoms with Crippen LogP contribution >= 0.6 is 0 Å². The van der Waals surface area contributed by atoms with Crippen molar-refractivity contribution in [1.82, 2.24) is 16.0 Å². The van der Waals surface area contributed by atoms with Crippen molar-refractivity contribution in [3.63, 3.8) is 0 Å². The molecule has 8 heteroatoms. The van der Waals surface area contributed by atoms with E-state index in [0.717, 1.165) is 18.4 Å². The van der Waals surface area contributed by atoms with Crippen molar-refractivity contribution in [2.75, 3.05) is 0 Å². The number of nitrogens with one attached hydrogen (secondary N) is 3. The van der Waals surface area contributed by atoms with Crippen molar-refractivity contribution in [3.05, 3.63) is 71.8 Å². The van der Waals surface area contributed by atoms with Crippen LogP contribution in [-0.4, -0.2) is 36.0 Å². The van der Waals surface area contributed by atoms with E-state index in [0.29, 0.717) is 5.56 Å². The Labute approximate surface area is 180 Å². The Hall–Kier alpha value is -3.68. The largest absolute Gasteiger partial charge is 0.452 e. The van der Waals surface area contributed by atoms with Crippen LogP contribution in [0.25, 0.3) is 0 Å². The fraction of sp³-hybridized carbons (Fsp3) is 0.304. The lowest BCUT2D eigenvalue weighted by molar-refractivity contribution is -0.154. The molecule has 0 bridgehead atoms. The summed E-state index contributed by atoms with van der Waals surface area (Å²) in [7, 11) is 0. The molecule has 0 spiro atoms. The van der Waals surface area contributed by atoms with E-state index in [1.54, 1.807) is 54.6 Å². The number of rotatable bonds is 8. The molecule has 2 unspecified atom stereocenters. The number of esters is 1. The Morgan fingerprint density at radius 1 is 0.968 bits per heavy atom. The van der Waals surface area contributed by atoms with Crippen LogP contribution in [-0.2, 0) is 14.3 Å². The lowest BCUT2D eigenvalue weighted by atomic mass is 10.0. The second-order valence-electron chi connectivity index (χ2n) is 7.38. The summed E-state index contributed by atoms with van der Waals surface area (Å²) in [4.78, 5) is 48.8. The number of carbonyl (C=O) groups excluding carboxylic acids is 4. The first-order valence-electron chi connectivity index (χ1n) is 10.1. The quantitative estimate of drug-likeness (QED) is 0.565. The molecule has 31 heavy (non-hydrogen) atoms. The van der Waals surface area contributed by atoms with Crippen molar-refractivity contribution < 1.29 is 23.9 Å². The molecule has 0 aromatic heterocycles. The maximum Gasteiger partial charge on any atom is 0.321 e. The SMILES string of the molecule is CC(OC(=O)CC(NC(=O)c1ccccc1)c1ccccc1)C(=O)NC(=O)NC1CC1. The topological polar surface area (TPSA) is 114 Å². The first kappa shape index (κ1) is 22.0. The zero-order valence-electron chi connectivity index (χ0n) is 17.2. The lowest BCUT2D eigenvalue weighted by Gasteiger charge is -2.20. The number of hydrogen-bond donors (Lipinski definition) is 3. The number of carbonyl (C=O) groups is 4. The fourth-order valence-electron chi connectivity index (χ4n) is 2.90. The van der Waals surface area contributed by atoms with Crippen molar-refractivity contribution in [2.24, 2.45) is 0 Å². The van der Waals surface area contributed by atoms with Gasteiger partial charge in [-0.25, -0.2) is 4.79 Å². The molecule has 2 aromatic carbocycles. The van der Waals surface area contributed by atoms with Gasteiger partial charge in [0.2, 0.25) is 0 Å². The number of benzene rings is 2. The molecule has 1 saturated carbocycles. The van der Waals surface area contributed by atoms with Crippen LogP contribution in [0.2, 0.25) is 0 Å². The van der Waals surface area contributed by atoms with E-state index in [1.807, 2.05) is 6.07 Å². The number of urea groups is 1. The molecular weight excluding hydrogens is 398 g/mol. The Morgan fingerprint density at radius 2 is 1.58 bits per heavy atom. The summed E-state index contributed by atoms with van der Waals surface area (Å²) < 4.78 is 5.19. The molecule has 8 nitrogen and oxygen atoms in total. The van der Waals surface area contributed by atoms with Gasteiger partial charge in [0.05, 0.1) is 12.5 Å². The van der Waals surface area contributed by atoms with Crippen molar-refractivity contribution in [1.29, 1.82) is 0 Å². The van der Waals surface area contributed by atoms with Crippen molar-refractivity contribution in [2.45, 2.75) is 44.4 Å². The van der Waals surface area contributed by atoms with E-state index in [4.69, 9.17) is 4.74 Å². The molecule has 0 aliphatic heterocycles. The van der Waals surface area contributed by atoms with Crippen LogP contribution in [0.3, 0.4) is 0 Å². The smallest absolute Gasteiger partial charge is 0.321 e. The third-order valence-corrected chi connectivity index (χ3v) is 4.74. The molecule has 3 rings (SSSR count). The maximum absolute atomic E-state index is 12.6. The van der Waals surface area contributed by atoms with Gasteiger partial charge in [0.1, 0.15) is 0 Å². The third kappa shape index (κ3) is 6.95. The summed E-state index contributed by atoms with van der Waals surface area (Å²) in [6.45, 7) is 1.39. The molecule has 3 N–H and O–H groups in total. The van der Waals surface area contributed by atoms with Gasteiger partial charge >= 0.3 is 12.0 Å². The minimum absolute atomic E-state index is 0.102.